The topological polar surface area (TPSA) is 76.1 Å². The number of benzene rings is 3. The smallest absolute Gasteiger partial charge is 0.295 e. The van der Waals surface area contributed by atoms with Crippen LogP contribution in [-0.2, 0) is 21.5 Å². The molecule has 2 aliphatic heterocycles. The molecule has 0 spiro atoms. The maximum Gasteiger partial charge on any atom is 0.295 e. The molecule has 3 aromatic carbocycles. The van der Waals surface area contributed by atoms with Crippen LogP contribution in [0.5, 0.6) is 11.5 Å². The molecule has 2 heterocycles. The average Bonchev–Trinajstić information content (AvgIpc) is 3.41. The second-order valence-corrected chi connectivity index (χ2v) is 10.4. The number of halogens is 1. The van der Waals surface area contributed by atoms with Crippen molar-refractivity contribution in [3.8, 4) is 11.5 Å². The van der Waals surface area contributed by atoms with Crippen LogP contribution in [0.4, 0.5) is 0 Å². The summed E-state index contributed by atoms with van der Waals surface area (Å²) >= 11 is 6.14. The first-order valence-corrected chi connectivity index (χ1v) is 12.0. The summed E-state index contributed by atoms with van der Waals surface area (Å²) in [5.41, 5.74) is 2.97. The fraction of sp³-hybridized carbons (Fsp3) is 0.241. The molecule has 1 atom stereocenters. The van der Waals surface area contributed by atoms with Crippen LogP contribution in [0.25, 0.3) is 5.76 Å². The van der Waals surface area contributed by atoms with Gasteiger partial charge in [-0.05, 0) is 46.4 Å². The Bertz CT molecular complexity index is 1390. The molecule has 184 valence electrons. The number of hydrogen-bond donors (Lipinski definition) is 1. The number of carbonyl (C=O) groups is 2. The zero-order chi connectivity index (χ0) is 25.6. The van der Waals surface area contributed by atoms with Crippen molar-refractivity contribution in [1.82, 2.24) is 4.90 Å². The van der Waals surface area contributed by atoms with Crippen molar-refractivity contribution < 1.29 is 24.2 Å². The van der Waals surface area contributed by atoms with E-state index in [1.165, 1.54) is 4.90 Å². The van der Waals surface area contributed by atoms with Crippen LogP contribution in [0.15, 0.2) is 72.3 Å². The van der Waals surface area contributed by atoms with Crippen LogP contribution < -0.4 is 9.47 Å². The van der Waals surface area contributed by atoms with Gasteiger partial charge in [0, 0.05) is 17.1 Å². The fourth-order valence-corrected chi connectivity index (χ4v) is 4.77. The van der Waals surface area contributed by atoms with Crippen molar-refractivity contribution >= 4 is 29.1 Å². The minimum atomic E-state index is -0.775. The van der Waals surface area contributed by atoms with Crippen molar-refractivity contribution in [1.29, 1.82) is 0 Å². The van der Waals surface area contributed by atoms with E-state index in [1.54, 1.807) is 36.4 Å². The molecule has 0 aliphatic carbocycles. The van der Waals surface area contributed by atoms with Gasteiger partial charge in [-0.3, -0.25) is 9.59 Å². The monoisotopic (exact) mass is 503 g/mol. The third-order valence-electron chi connectivity index (χ3n) is 6.52. The van der Waals surface area contributed by atoms with E-state index in [2.05, 4.69) is 20.8 Å². The van der Waals surface area contributed by atoms with E-state index >= 15 is 0 Å². The lowest BCUT2D eigenvalue weighted by atomic mass is 9.85. The van der Waals surface area contributed by atoms with E-state index in [4.69, 9.17) is 21.1 Å². The molecule has 0 radical (unpaired) electrons. The summed E-state index contributed by atoms with van der Waals surface area (Å²) in [4.78, 5) is 28.1. The van der Waals surface area contributed by atoms with E-state index in [0.717, 1.165) is 16.7 Å². The molecule has 1 fully saturated rings. The van der Waals surface area contributed by atoms with E-state index in [9.17, 15) is 14.7 Å². The molecule has 0 saturated carbocycles. The van der Waals surface area contributed by atoms with Crippen LogP contribution >= 0.6 is 11.6 Å². The molecule has 36 heavy (non-hydrogen) atoms. The molecule has 1 amide bonds. The van der Waals surface area contributed by atoms with Crippen LogP contribution in [0.2, 0.25) is 5.02 Å². The Hall–Kier alpha value is -3.77. The molecule has 6 nitrogen and oxygen atoms in total. The number of nitrogens with zero attached hydrogens (tertiary/aromatic N) is 1. The average molecular weight is 504 g/mol. The molecule has 0 bridgehead atoms. The highest BCUT2D eigenvalue weighted by atomic mass is 35.5. The molecule has 0 aromatic heterocycles. The molecule has 1 saturated heterocycles. The second-order valence-electron chi connectivity index (χ2n) is 10.00. The number of amides is 1. The largest absolute Gasteiger partial charge is 0.507 e. The van der Waals surface area contributed by atoms with Crippen molar-refractivity contribution in [2.75, 3.05) is 6.79 Å². The minimum Gasteiger partial charge on any atom is -0.507 e. The van der Waals surface area contributed by atoms with E-state index in [0.29, 0.717) is 22.1 Å². The van der Waals surface area contributed by atoms with Gasteiger partial charge in [0.25, 0.3) is 11.7 Å². The number of Topliss-reactive ketones (excluding diaryl/α,β-unsaturated/α-hetero) is 1. The Morgan fingerprint density at radius 3 is 2.42 bits per heavy atom. The molecule has 1 N–H and O–H groups in total. The number of rotatable bonds is 4. The van der Waals surface area contributed by atoms with Gasteiger partial charge < -0.3 is 19.5 Å². The zero-order valence-electron chi connectivity index (χ0n) is 20.2. The Labute approximate surface area is 214 Å². The van der Waals surface area contributed by atoms with Crippen molar-refractivity contribution in [2.45, 2.75) is 38.8 Å². The summed E-state index contributed by atoms with van der Waals surface area (Å²) in [5, 5.41) is 11.7. The quantitative estimate of drug-likeness (QED) is 0.269. The number of aliphatic hydroxyl groups is 1. The second kappa shape index (κ2) is 9.03. The van der Waals surface area contributed by atoms with Gasteiger partial charge in [0.15, 0.2) is 11.5 Å². The van der Waals surface area contributed by atoms with E-state index < -0.39 is 17.7 Å². The number of hydrogen-bond acceptors (Lipinski definition) is 5. The maximum absolute atomic E-state index is 13.3. The number of ketones is 1. The standard InChI is InChI=1S/C29H26ClNO5/c1-29(2,3)20-10-8-18(9-11-20)25-24(26(32)19-5-4-6-21(30)14-19)27(33)28(34)31(25)15-17-7-12-22-23(13-17)36-16-35-22/h4-14,25,32H,15-16H2,1-3H3/b26-24+. The highest BCUT2D eigenvalue weighted by Crippen LogP contribution is 2.42. The zero-order valence-corrected chi connectivity index (χ0v) is 21.0. The van der Waals surface area contributed by atoms with E-state index in [1.807, 2.05) is 30.3 Å². The Balaban J connectivity index is 1.62. The van der Waals surface area contributed by atoms with Gasteiger partial charge in [-0.1, -0.05) is 74.8 Å². The number of carbonyl (C=O) groups excluding carboxylic acids is 2. The Morgan fingerprint density at radius 1 is 1.00 bits per heavy atom. The third-order valence-corrected chi connectivity index (χ3v) is 6.76. The SMILES string of the molecule is CC(C)(C)c1ccc(C2/C(=C(\O)c3cccc(Cl)c3)C(=O)C(=O)N2Cc2ccc3c(c2)OCO3)cc1. The summed E-state index contributed by atoms with van der Waals surface area (Å²) in [7, 11) is 0. The van der Waals surface area contributed by atoms with Gasteiger partial charge in [0.05, 0.1) is 11.6 Å². The number of fused-ring (bicyclic) bond motifs is 1. The van der Waals surface area contributed by atoms with Crippen molar-refractivity contribution in [2.24, 2.45) is 0 Å². The van der Waals surface area contributed by atoms with Crippen LogP contribution in [-0.4, -0.2) is 28.5 Å². The predicted octanol–water partition coefficient (Wildman–Crippen LogP) is 5.99. The number of likely N-dealkylation sites (tertiary alicyclic amines) is 1. The molecule has 3 aromatic rings. The van der Waals surface area contributed by atoms with Crippen LogP contribution in [0.1, 0.15) is 49.1 Å². The predicted molar refractivity (Wildman–Crippen MR) is 137 cm³/mol. The van der Waals surface area contributed by atoms with Gasteiger partial charge in [-0.25, -0.2) is 0 Å². The number of ether oxygens (including phenoxy) is 2. The lowest BCUT2D eigenvalue weighted by Gasteiger charge is -2.26. The van der Waals surface area contributed by atoms with Gasteiger partial charge in [0.2, 0.25) is 6.79 Å². The normalized spacial score (nSPS) is 18.7. The van der Waals surface area contributed by atoms with Crippen molar-refractivity contribution in [3.63, 3.8) is 0 Å². The van der Waals surface area contributed by atoms with E-state index in [-0.39, 0.29) is 30.1 Å². The first-order chi connectivity index (χ1) is 17.1. The summed E-state index contributed by atoms with van der Waals surface area (Å²) in [6, 6.07) is 19.1. The highest BCUT2D eigenvalue weighted by molar-refractivity contribution is 6.46. The molecular weight excluding hydrogens is 478 g/mol. The van der Waals surface area contributed by atoms with Crippen LogP contribution in [0.3, 0.4) is 0 Å². The number of aliphatic hydroxyl groups excluding tert-OH is 1. The van der Waals surface area contributed by atoms with Gasteiger partial charge in [-0.15, -0.1) is 0 Å². The third kappa shape index (κ3) is 4.33. The first-order valence-electron chi connectivity index (χ1n) is 11.7. The van der Waals surface area contributed by atoms with Gasteiger partial charge in [0.1, 0.15) is 5.76 Å². The molecule has 7 heteroatoms. The summed E-state index contributed by atoms with van der Waals surface area (Å²) in [6.07, 6.45) is 0. The molecule has 5 rings (SSSR count). The minimum absolute atomic E-state index is 0.0338. The van der Waals surface area contributed by atoms with Crippen molar-refractivity contribution in [3.05, 3.63) is 99.6 Å². The summed E-state index contributed by atoms with van der Waals surface area (Å²) < 4.78 is 10.9. The summed E-state index contributed by atoms with van der Waals surface area (Å²) in [6.45, 7) is 6.65. The fourth-order valence-electron chi connectivity index (χ4n) is 4.58. The van der Waals surface area contributed by atoms with Crippen LogP contribution in [0, 0.1) is 0 Å². The first kappa shape index (κ1) is 23.9. The lowest BCUT2D eigenvalue weighted by Crippen LogP contribution is -2.29. The molecular formula is C29H26ClNO5. The lowest BCUT2D eigenvalue weighted by molar-refractivity contribution is -0.140. The highest BCUT2D eigenvalue weighted by Gasteiger charge is 2.46. The maximum atomic E-state index is 13.3. The van der Waals surface area contributed by atoms with Gasteiger partial charge >= 0.3 is 0 Å². The Kier molecular flexibility index (Phi) is 6.00. The molecule has 2 aliphatic rings. The molecule has 1 unspecified atom stereocenters. The Morgan fingerprint density at radius 2 is 1.72 bits per heavy atom. The summed E-state index contributed by atoms with van der Waals surface area (Å²) in [5.74, 6) is -0.446. The van der Waals surface area contributed by atoms with Gasteiger partial charge in [-0.2, -0.15) is 0 Å².